The smallest absolute Gasteiger partial charge is 0.0636 e. The average Bonchev–Trinajstić information content (AvgIpc) is 4.00. The van der Waals surface area contributed by atoms with Gasteiger partial charge in [-0.05, 0) is 79.6 Å². The van der Waals surface area contributed by atoms with Crippen LogP contribution >= 0.6 is 68.0 Å². The van der Waals surface area contributed by atoms with E-state index >= 15 is 0 Å². The van der Waals surface area contributed by atoms with Crippen molar-refractivity contribution in [2.75, 3.05) is 0 Å². The Hall–Kier alpha value is -3.88. The summed E-state index contributed by atoms with van der Waals surface area (Å²) in [6.07, 6.45) is 0. The van der Waals surface area contributed by atoms with E-state index in [1.54, 1.807) is 0 Å². The van der Waals surface area contributed by atoms with Gasteiger partial charge >= 0.3 is 0 Å². The summed E-state index contributed by atoms with van der Waals surface area (Å²) in [7, 11) is 0. The minimum atomic E-state index is 0.112. The quantitative estimate of drug-likeness (QED) is 0.163. The van der Waals surface area contributed by atoms with Crippen molar-refractivity contribution in [2.24, 2.45) is 0 Å². The number of hydrogen-bond donors (Lipinski definition) is 0. The van der Waals surface area contributed by atoms with Crippen molar-refractivity contribution in [3.8, 4) is 52.9 Å². The van der Waals surface area contributed by atoms with Gasteiger partial charge in [-0.1, -0.05) is 139 Å². The first-order chi connectivity index (χ1) is 26.0. The Labute approximate surface area is 340 Å². The molecule has 10 rings (SSSR count). The minimum Gasteiger partial charge on any atom is -0.133 e. The molecule has 0 aliphatic rings. The van der Waals surface area contributed by atoms with Gasteiger partial charge in [-0.25, -0.2) is 0 Å². The van der Waals surface area contributed by atoms with Crippen LogP contribution in [0.2, 0.25) is 0 Å². The zero-order valence-corrected chi connectivity index (χ0v) is 35.9. The highest BCUT2D eigenvalue weighted by Gasteiger charge is 2.22. The highest BCUT2D eigenvalue weighted by atomic mass is 32.1. The molecule has 6 heteroatoms. The molecule has 0 fully saturated rings. The van der Waals surface area contributed by atoms with Gasteiger partial charge in [0.05, 0.1) is 18.8 Å². The Kier molecular flexibility index (Phi) is 8.23. The van der Waals surface area contributed by atoms with Gasteiger partial charge < -0.3 is 0 Å². The summed E-state index contributed by atoms with van der Waals surface area (Å²) in [6.45, 7) is 13.7. The van der Waals surface area contributed by atoms with Crippen LogP contribution in [0.15, 0.2) is 121 Å². The predicted octanol–water partition coefficient (Wildman–Crippen LogP) is 17.6. The molecule has 0 saturated heterocycles. The van der Waals surface area contributed by atoms with Crippen LogP contribution in [0.25, 0.3) is 90.5 Å². The molecule has 6 aromatic heterocycles. The number of fused-ring (bicyclic) bond motifs is 6. The SMILES string of the molecule is CC(C)(C)c1cccc(-c2ccccc2-c2cc3sc4cc(-c5cc6sc7cc(-c8ccccc8-c8cccc(C(C)(C)C)c8)sc7c6s5)sc4c3s2)c1. The molecule has 54 heavy (non-hydrogen) atoms. The van der Waals surface area contributed by atoms with Crippen LogP contribution in [0.4, 0.5) is 0 Å². The fourth-order valence-electron chi connectivity index (χ4n) is 7.38. The Bertz CT molecular complexity index is 2820. The van der Waals surface area contributed by atoms with E-state index in [0.29, 0.717) is 0 Å². The molecule has 0 saturated carbocycles. The molecule has 0 atom stereocenters. The first-order valence-corrected chi connectivity index (χ1v) is 23.2. The summed E-state index contributed by atoms with van der Waals surface area (Å²) in [5.41, 5.74) is 10.8. The van der Waals surface area contributed by atoms with Crippen molar-refractivity contribution in [1.82, 2.24) is 0 Å². The standard InChI is InChI=1S/C48H38S6/c1-47(2,3)29-15-11-13-27(21-29)31-17-7-9-19-33(31)35-23-39-43(51-35)45-41(49-39)25-37(53-45)38-26-42-46(54-38)44-40(50-42)24-36(52-44)34-20-10-8-18-32(34)28-14-12-16-30(22-28)48(4,5)6/h7-26H,1-6H3. The lowest BCUT2D eigenvalue weighted by Gasteiger charge is -2.20. The summed E-state index contributed by atoms with van der Waals surface area (Å²) in [6, 6.07) is 45.8. The zero-order chi connectivity index (χ0) is 36.9. The molecule has 4 aromatic carbocycles. The molecule has 0 bridgehead atoms. The monoisotopic (exact) mass is 806 g/mol. The van der Waals surface area contributed by atoms with Crippen LogP contribution in [0.5, 0.6) is 0 Å². The summed E-state index contributed by atoms with van der Waals surface area (Å²) in [5, 5.41) is 0. The molecular formula is C48H38S6. The molecule has 0 spiro atoms. The van der Waals surface area contributed by atoms with Crippen molar-refractivity contribution in [3.05, 3.63) is 132 Å². The van der Waals surface area contributed by atoms with Crippen LogP contribution in [-0.4, -0.2) is 0 Å². The van der Waals surface area contributed by atoms with Crippen molar-refractivity contribution in [2.45, 2.75) is 52.4 Å². The second kappa shape index (κ2) is 12.8. The number of benzene rings is 4. The van der Waals surface area contributed by atoms with E-state index in [0.717, 1.165) is 0 Å². The van der Waals surface area contributed by atoms with Gasteiger partial charge in [0.1, 0.15) is 0 Å². The molecule has 266 valence electrons. The third-order valence-corrected chi connectivity index (χ3v) is 18.2. The largest absolute Gasteiger partial charge is 0.133 e. The van der Waals surface area contributed by atoms with Crippen molar-refractivity contribution < 1.29 is 0 Å². The van der Waals surface area contributed by atoms with E-state index in [1.165, 1.54) is 102 Å². The Morgan fingerprint density at radius 3 is 1.02 bits per heavy atom. The van der Waals surface area contributed by atoms with E-state index in [-0.39, 0.29) is 10.8 Å². The van der Waals surface area contributed by atoms with Gasteiger partial charge in [-0.15, -0.1) is 68.0 Å². The fourth-order valence-corrected chi connectivity index (χ4v) is 15.6. The third kappa shape index (κ3) is 5.94. The Morgan fingerprint density at radius 1 is 0.315 bits per heavy atom. The molecule has 0 unspecified atom stereocenters. The molecule has 0 aliphatic carbocycles. The lowest BCUT2D eigenvalue weighted by molar-refractivity contribution is 0.590. The highest BCUT2D eigenvalue weighted by molar-refractivity contribution is 7.42. The van der Waals surface area contributed by atoms with Crippen molar-refractivity contribution in [3.63, 3.8) is 0 Å². The van der Waals surface area contributed by atoms with E-state index in [1.807, 2.05) is 68.0 Å². The second-order valence-electron chi connectivity index (χ2n) is 16.2. The lowest BCUT2D eigenvalue weighted by Crippen LogP contribution is -2.10. The van der Waals surface area contributed by atoms with Crippen LogP contribution in [0.1, 0.15) is 52.7 Å². The molecule has 0 N–H and O–H groups in total. The third-order valence-electron chi connectivity index (χ3n) is 10.4. The first kappa shape index (κ1) is 34.6. The molecule has 10 aromatic rings. The summed E-state index contributed by atoms with van der Waals surface area (Å²) >= 11 is 11.7. The van der Waals surface area contributed by atoms with Crippen molar-refractivity contribution >= 4 is 106 Å². The molecule has 0 aliphatic heterocycles. The normalized spacial score (nSPS) is 12.6. The fraction of sp³-hybridized carbons (Fsp3) is 0.167. The number of rotatable bonds is 5. The molecule has 0 amide bonds. The van der Waals surface area contributed by atoms with Crippen LogP contribution in [0, 0.1) is 0 Å². The zero-order valence-electron chi connectivity index (χ0n) is 31.0. The molecule has 0 radical (unpaired) electrons. The van der Waals surface area contributed by atoms with Gasteiger partial charge in [0, 0.05) is 38.3 Å². The topological polar surface area (TPSA) is 0 Å². The lowest BCUT2D eigenvalue weighted by atomic mass is 9.85. The summed E-state index contributed by atoms with van der Waals surface area (Å²) in [4.78, 5) is 5.46. The number of hydrogen-bond acceptors (Lipinski definition) is 6. The number of thiophene rings is 6. The van der Waals surface area contributed by atoms with Gasteiger partial charge in [0.25, 0.3) is 0 Å². The maximum atomic E-state index is 2.44. The van der Waals surface area contributed by atoms with Crippen LogP contribution < -0.4 is 0 Å². The maximum Gasteiger partial charge on any atom is 0.0636 e. The highest BCUT2D eigenvalue weighted by Crippen LogP contribution is 2.53. The minimum absolute atomic E-state index is 0.112. The van der Waals surface area contributed by atoms with E-state index in [2.05, 4.69) is 163 Å². The first-order valence-electron chi connectivity index (χ1n) is 18.3. The maximum absolute atomic E-state index is 2.44. The molecule has 6 heterocycles. The van der Waals surface area contributed by atoms with Crippen molar-refractivity contribution in [1.29, 1.82) is 0 Å². The Morgan fingerprint density at radius 2 is 0.648 bits per heavy atom. The summed E-state index contributed by atoms with van der Waals surface area (Å²) < 4.78 is 11.3. The predicted molar refractivity (Wildman–Crippen MR) is 248 cm³/mol. The molecular weight excluding hydrogens is 769 g/mol. The second-order valence-corrected chi connectivity index (χ2v) is 22.5. The van der Waals surface area contributed by atoms with Gasteiger partial charge in [0.15, 0.2) is 0 Å². The Balaban J connectivity index is 0.992. The van der Waals surface area contributed by atoms with Gasteiger partial charge in [-0.3, -0.25) is 0 Å². The summed E-state index contributed by atoms with van der Waals surface area (Å²) in [5.74, 6) is 0. The van der Waals surface area contributed by atoms with Gasteiger partial charge in [-0.2, -0.15) is 0 Å². The average molecular weight is 807 g/mol. The van der Waals surface area contributed by atoms with E-state index < -0.39 is 0 Å². The van der Waals surface area contributed by atoms with Gasteiger partial charge in [0.2, 0.25) is 0 Å². The van der Waals surface area contributed by atoms with E-state index in [9.17, 15) is 0 Å². The van der Waals surface area contributed by atoms with Crippen LogP contribution in [0.3, 0.4) is 0 Å². The van der Waals surface area contributed by atoms with Crippen LogP contribution in [-0.2, 0) is 10.8 Å². The molecule has 0 nitrogen and oxygen atoms in total. The van der Waals surface area contributed by atoms with E-state index in [4.69, 9.17) is 0 Å².